The van der Waals surface area contributed by atoms with E-state index < -0.39 is 39.2 Å². The van der Waals surface area contributed by atoms with Crippen molar-refractivity contribution in [3.63, 3.8) is 0 Å². The van der Waals surface area contributed by atoms with Gasteiger partial charge in [-0.3, -0.25) is 4.79 Å². The maximum Gasteiger partial charge on any atom is 0.417 e. The molecule has 0 spiro atoms. The van der Waals surface area contributed by atoms with Crippen LogP contribution >= 0.6 is 11.3 Å². The summed E-state index contributed by atoms with van der Waals surface area (Å²) in [7, 11) is -2.83. The number of hydrogen-bond donors (Lipinski definition) is 1. The highest BCUT2D eigenvalue weighted by Gasteiger charge is 2.39. The van der Waals surface area contributed by atoms with Crippen LogP contribution in [-0.4, -0.2) is 44.9 Å². The molecule has 12 heteroatoms. The molecule has 0 atom stereocenters. The van der Waals surface area contributed by atoms with Crippen molar-refractivity contribution >= 4 is 33.2 Å². The summed E-state index contributed by atoms with van der Waals surface area (Å²) in [5, 5.41) is 0. The van der Waals surface area contributed by atoms with Gasteiger partial charge in [-0.15, -0.1) is 11.3 Å². The summed E-state index contributed by atoms with van der Waals surface area (Å²) in [6, 6.07) is 4.34. The largest absolute Gasteiger partial charge is 0.465 e. The zero-order chi connectivity index (χ0) is 23.3. The number of nitrogens with zero attached hydrogens (tertiary/aromatic N) is 1. The third kappa shape index (κ3) is 4.26. The Morgan fingerprint density at radius 3 is 2.53 bits per heavy atom. The second-order valence-corrected chi connectivity index (χ2v) is 10.6. The number of halogens is 3. The van der Waals surface area contributed by atoms with Crippen molar-refractivity contribution in [1.82, 2.24) is 9.62 Å². The van der Waals surface area contributed by atoms with Gasteiger partial charge in [-0.2, -0.15) is 13.2 Å². The van der Waals surface area contributed by atoms with E-state index in [-0.39, 0.29) is 35.3 Å². The molecule has 7 nitrogen and oxygen atoms in total. The van der Waals surface area contributed by atoms with E-state index in [1.54, 1.807) is 0 Å². The van der Waals surface area contributed by atoms with Crippen LogP contribution in [-0.2, 0) is 33.9 Å². The Balaban J connectivity index is 1.69. The van der Waals surface area contributed by atoms with Crippen molar-refractivity contribution in [2.24, 2.45) is 0 Å². The summed E-state index contributed by atoms with van der Waals surface area (Å²) in [6.07, 6.45) is -3.16. The smallest absolute Gasteiger partial charge is 0.417 e. The van der Waals surface area contributed by atoms with Gasteiger partial charge in [0, 0.05) is 17.5 Å². The van der Waals surface area contributed by atoms with Gasteiger partial charge in [-0.1, -0.05) is 12.1 Å². The number of sulfonamides is 1. The number of nitrogens with one attached hydrogen (secondary N) is 1. The molecule has 1 saturated carbocycles. The van der Waals surface area contributed by atoms with Gasteiger partial charge in [0.25, 0.3) is 15.9 Å². The molecule has 2 aromatic rings. The normalized spacial score (nSPS) is 16.6. The van der Waals surface area contributed by atoms with Crippen molar-refractivity contribution in [2.45, 2.75) is 42.2 Å². The van der Waals surface area contributed by atoms with Crippen LogP contribution in [0.3, 0.4) is 0 Å². The summed E-state index contributed by atoms with van der Waals surface area (Å²) in [5.41, 5.74) is -1.12. The van der Waals surface area contributed by atoms with Gasteiger partial charge in [-0.25, -0.2) is 17.9 Å². The highest BCUT2D eigenvalue weighted by molar-refractivity contribution is 7.91. The van der Waals surface area contributed by atoms with E-state index in [0.717, 1.165) is 30.6 Å². The lowest BCUT2D eigenvalue weighted by molar-refractivity contribution is -0.138. The first kappa shape index (κ1) is 22.7. The van der Waals surface area contributed by atoms with Crippen LogP contribution in [0.5, 0.6) is 0 Å². The molecule has 0 radical (unpaired) electrons. The number of carbonyl (C=O) groups is 2. The first-order valence-corrected chi connectivity index (χ1v) is 12.0. The molecule has 2 heterocycles. The van der Waals surface area contributed by atoms with Crippen LogP contribution < -0.4 is 4.72 Å². The third-order valence-corrected chi connectivity index (χ3v) is 8.56. The summed E-state index contributed by atoms with van der Waals surface area (Å²) in [4.78, 5) is 27.0. The van der Waals surface area contributed by atoms with E-state index in [0.29, 0.717) is 23.3 Å². The molecule has 1 amide bonds. The highest BCUT2D eigenvalue weighted by Crippen LogP contribution is 2.39. The van der Waals surface area contributed by atoms with Crippen LogP contribution in [0.2, 0.25) is 0 Å². The summed E-state index contributed by atoms with van der Waals surface area (Å²) >= 11 is 0.841. The van der Waals surface area contributed by atoms with E-state index in [1.165, 1.54) is 17.0 Å². The van der Waals surface area contributed by atoms with Crippen LogP contribution in [0, 0.1) is 0 Å². The number of esters is 1. The monoisotopic (exact) mass is 488 g/mol. The van der Waals surface area contributed by atoms with Gasteiger partial charge >= 0.3 is 12.1 Å². The number of methoxy groups -OCH3 is 1. The zero-order valence-electron chi connectivity index (χ0n) is 16.9. The predicted molar refractivity (Wildman–Crippen MR) is 109 cm³/mol. The average molecular weight is 489 g/mol. The van der Waals surface area contributed by atoms with E-state index in [9.17, 15) is 31.2 Å². The highest BCUT2D eigenvalue weighted by atomic mass is 32.2. The number of carbonyl (C=O) groups excluding carboxylic acids is 2. The quantitative estimate of drug-likeness (QED) is 0.653. The molecule has 1 aliphatic heterocycles. The third-order valence-electron chi connectivity index (χ3n) is 5.31. The number of alkyl halides is 3. The second kappa shape index (κ2) is 8.16. The SMILES string of the molecule is COC(=O)c1c(S(=O)(=O)NC2CC2)sc2c1CCN(C(=O)c1ccccc1C(F)(F)F)C2. The predicted octanol–water partition coefficient (Wildman–Crippen LogP) is 3.19. The molecule has 2 aliphatic rings. The van der Waals surface area contributed by atoms with Crippen LogP contribution in [0.1, 0.15) is 49.6 Å². The Labute approximate surface area is 186 Å². The number of fused-ring (bicyclic) bond motifs is 1. The van der Waals surface area contributed by atoms with Gasteiger partial charge in [0.15, 0.2) is 0 Å². The molecule has 1 aromatic carbocycles. The molecule has 1 fully saturated rings. The summed E-state index contributed by atoms with van der Waals surface area (Å²) < 4.78 is 72.8. The van der Waals surface area contributed by atoms with Crippen LogP contribution in [0.4, 0.5) is 13.2 Å². The number of amides is 1. The van der Waals surface area contributed by atoms with E-state index in [1.807, 2.05) is 0 Å². The van der Waals surface area contributed by atoms with Gasteiger partial charge in [0.1, 0.15) is 4.21 Å². The van der Waals surface area contributed by atoms with Crippen LogP contribution in [0.25, 0.3) is 0 Å². The van der Waals surface area contributed by atoms with Gasteiger partial charge in [-0.05, 0) is 37.0 Å². The molecular weight excluding hydrogens is 469 g/mol. The standard InChI is InChI=1S/C20H19F3N2O5S2/c1-30-18(27)16-13-8-9-25(17(26)12-4-2-3-5-14(12)20(21,22)23)10-15(13)31-19(16)32(28,29)24-11-6-7-11/h2-5,11,24H,6-10H2,1H3. The Kier molecular flexibility index (Phi) is 5.80. The molecule has 4 rings (SSSR count). The summed E-state index contributed by atoms with van der Waals surface area (Å²) in [5.74, 6) is -1.61. The number of ether oxygens (including phenoxy) is 1. The number of thiophene rings is 1. The van der Waals surface area contributed by atoms with E-state index in [4.69, 9.17) is 4.74 Å². The van der Waals surface area contributed by atoms with E-state index in [2.05, 4.69) is 4.72 Å². The molecule has 1 aliphatic carbocycles. The molecule has 0 saturated heterocycles. The lowest BCUT2D eigenvalue weighted by Crippen LogP contribution is -2.36. The fourth-order valence-corrected chi connectivity index (χ4v) is 6.83. The Morgan fingerprint density at radius 1 is 1.22 bits per heavy atom. The van der Waals surface area contributed by atoms with Crippen molar-refractivity contribution in [3.8, 4) is 0 Å². The average Bonchev–Trinajstić information content (AvgIpc) is 3.46. The van der Waals surface area contributed by atoms with Crippen molar-refractivity contribution in [1.29, 1.82) is 0 Å². The maximum atomic E-state index is 13.3. The van der Waals surface area contributed by atoms with Gasteiger partial charge in [0.05, 0.1) is 30.3 Å². The fourth-order valence-electron chi connectivity index (χ4n) is 3.61. The molecule has 1 N–H and O–H groups in total. The van der Waals surface area contributed by atoms with Crippen molar-refractivity contribution in [3.05, 3.63) is 51.4 Å². The molecule has 1 aromatic heterocycles. The minimum absolute atomic E-state index is 0.0360. The second-order valence-electron chi connectivity index (χ2n) is 7.57. The molecule has 0 unspecified atom stereocenters. The topological polar surface area (TPSA) is 92.8 Å². The molecule has 32 heavy (non-hydrogen) atoms. The first-order chi connectivity index (χ1) is 15.0. The molecule has 0 bridgehead atoms. The minimum atomic E-state index is -4.69. The minimum Gasteiger partial charge on any atom is -0.465 e. The first-order valence-electron chi connectivity index (χ1n) is 9.73. The van der Waals surface area contributed by atoms with E-state index >= 15 is 0 Å². The zero-order valence-corrected chi connectivity index (χ0v) is 18.5. The number of benzene rings is 1. The van der Waals surface area contributed by atoms with Crippen molar-refractivity contribution < 1.29 is 35.9 Å². The van der Waals surface area contributed by atoms with Crippen LogP contribution in [0.15, 0.2) is 28.5 Å². The lowest BCUT2D eigenvalue weighted by Gasteiger charge is -2.28. The fraction of sp³-hybridized carbons (Fsp3) is 0.400. The number of rotatable bonds is 5. The van der Waals surface area contributed by atoms with Crippen molar-refractivity contribution in [2.75, 3.05) is 13.7 Å². The molecule has 172 valence electrons. The number of hydrogen-bond acceptors (Lipinski definition) is 6. The van der Waals surface area contributed by atoms with Gasteiger partial charge in [0.2, 0.25) is 0 Å². The Bertz CT molecular complexity index is 1190. The lowest BCUT2D eigenvalue weighted by atomic mass is 10.0. The molecular formula is C20H19F3N2O5S2. The maximum absolute atomic E-state index is 13.3. The Morgan fingerprint density at radius 2 is 1.91 bits per heavy atom. The Hall–Kier alpha value is -2.44. The summed E-state index contributed by atoms with van der Waals surface area (Å²) in [6.45, 7) is -0.0672. The van der Waals surface area contributed by atoms with Gasteiger partial charge < -0.3 is 9.64 Å².